The van der Waals surface area contributed by atoms with Crippen molar-refractivity contribution in [3.63, 3.8) is 0 Å². The zero-order valence-electron chi connectivity index (χ0n) is 13.9. The summed E-state index contributed by atoms with van der Waals surface area (Å²) in [4.78, 5) is 26.8. The Morgan fingerprint density at radius 2 is 2.08 bits per heavy atom. The number of carbonyl (C=O) groups is 2. The number of para-hydroxylation sites is 1. The third-order valence-corrected chi connectivity index (χ3v) is 4.69. The van der Waals surface area contributed by atoms with E-state index in [2.05, 4.69) is 10.6 Å². The summed E-state index contributed by atoms with van der Waals surface area (Å²) in [5.74, 6) is 0.259. The second-order valence-corrected chi connectivity index (χ2v) is 6.51. The van der Waals surface area contributed by atoms with Crippen molar-refractivity contribution in [1.29, 1.82) is 0 Å². The molecule has 2 aliphatic rings. The van der Waals surface area contributed by atoms with E-state index in [0.29, 0.717) is 10.9 Å². The molecule has 2 aliphatic heterocycles. The molecular formula is C16H20N4O4S. The van der Waals surface area contributed by atoms with Crippen LogP contribution in [0.2, 0.25) is 0 Å². The monoisotopic (exact) mass is 364 g/mol. The number of fused-ring (bicyclic) bond motifs is 1. The number of likely N-dealkylation sites (N-methyl/N-ethyl adjacent to an activating group) is 1. The van der Waals surface area contributed by atoms with E-state index in [1.54, 1.807) is 11.9 Å². The number of hydrogen-bond acceptors (Lipinski definition) is 5. The van der Waals surface area contributed by atoms with Crippen molar-refractivity contribution in [2.24, 2.45) is 0 Å². The van der Waals surface area contributed by atoms with E-state index in [-0.39, 0.29) is 13.2 Å². The molecule has 1 aromatic rings. The Morgan fingerprint density at radius 1 is 1.36 bits per heavy atom. The number of aryl methyl sites for hydroxylation is 1. The highest BCUT2D eigenvalue weighted by molar-refractivity contribution is 7.80. The van der Waals surface area contributed by atoms with Gasteiger partial charge in [0.05, 0.1) is 6.54 Å². The van der Waals surface area contributed by atoms with Crippen LogP contribution >= 0.6 is 12.2 Å². The van der Waals surface area contributed by atoms with Gasteiger partial charge in [-0.2, -0.15) is 0 Å². The molecule has 25 heavy (non-hydrogen) atoms. The van der Waals surface area contributed by atoms with Gasteiger partial charge in [0.1, 0.15) is 30.7 Å². The van der Waals surface area contributed by atoms with Crippen LogP contribution in [-0.2, 0) is 4.79 Å². The highest BCUT2D eigenvalue weighted by Crippen LogP contribution is 2.21. The number of urea groups is 1. The first kappa shape index (κ1) is 17.4. The quantitative estimate of drug-likeness (QED) is 0.623. The Hall–Kier alpha value is -2.39. The van der Waals surface area contributed by atoms with Gasteiger partial charge >= 0.3 is 6.03 Å². The molecule has 3 amide bonds. The normalized spacial score (nSPS) is 23.9. The van der Waals surface area contributed by atoms with Crippen LogP contribution in [0.15, 0.2) is 24.3 Å². The number of amides is 3. The smallest absolute Gasteiger partial charge is 0.325 e. The van der Waals surface area contributed by atoms with Gasteiger partial charge in [-0.25, -0.2) is 4.79 Å². The third kappa shape index (κ3) is 3.38. The second-order valence-electron chi connectivity index (χ2n) is 6.13. The van der Waals surface area contributed by atoms with Crippen LogP contribution in [0.5, 0.6) is 5.75 Å². The summed E-state index contributed by atoms with van der Waals surface area (Å²) in [6, 6.07) is 6.36. The van der Waals surface area contributed by atoms with Gasteiger partial charge in [0, 0.05) is 7.05 Å². The molecule has 3 N–H and O–H groups in total. The fraction of sp³-hybridized carbons (Fsp3) is 0.438. The molecule has 0 spiro atoms. The van der Waals surface area contributed by atoms with E-state index in [1.807, 2.05) is 31.2 Å². The number of β-amino-alcohol motifs (C(OH)–C–C–N with tert-alkyl or cyclic N) is 1. The van der Waals surface area contributed by atoms with Gasteiger partial charge in [-0.1, -0.05) is 18.2 Å². The van der Waals surface area contributed by atoms with Gasteiger partial charge in [-0.3, -0.25) is 10.1 Å². The zero-order chi connectivity index (χ0) is 18.1. The van der Waals surface area contributed by atoms with Crippen molar-refractivity contribution in [1.82, 2.24) is 20.4 Å². The number of hydrogen-bond donors (Lipinski definition) is 3. The van der Waals surface area contributed by atoms with Gasteiger partial charge < -0.3 is 25.0 Å². The van der Waals surface area contributed by atoms with Gasteiger partial charge in [0.2, 0.25) is 0 Å². The molecule has 3 rings (SSSR count). The van der Waals surface area contributed by atoms with E-state index < -0.39 is 30.2 Å². The summed E-state index contributed by atoms with van der Waals surface area (Å²) < 4.78 is 5.64. The number of rotatable bonds is 5. The lowest BCUT2D eigenvalue weighted by Crippen LogP contribution is -2.65. The molecule has 1 aromatic carbocycles. The highest BCUT2D eigenvalue weighted by Gasteiger charge is 2.49. The molecule has 2 saturated heterocycles. The topological polar surface area (TPSA) is 94.1 Å². The van der Waals surface area contributed by atoms with E-state index in [9.17, 15) is 14.7 Å². The first-order valence-corrected chi connectivity index (χ1v) is 8.30. The molecule has 3 atom stereocenters. The van der Waals surface area contributed by atoms with E-state index in [1.165, 1.54) is 4.90 Å². The first-order valence-electron chi connectivity index (χ1n) is 7.89. The predicted octanol–water partition coefficient (Wildman–Crippen LogP) is -0.199. The Labute approximate surface area is 150 Å². The number of nitrogens with zero attached hydrogens (tertiary/aromatic N) is 2. The molecule has 2 fully saturated rings. The number of aliphatic hydroxyl groups excluding tert-OH is 1. The van der Waals surface area contributed by atoms with Crippen LogP contribution in [0.25, 0.3) is 0 Å². The van der Waals surface area contributed by atoms with Crippen molar-refractivity contribution in [3.05, 3.63) is 29.8 Å². The summed E-state index contributed by atoms with van der Waals surface area (Å²) in [5, 5.41) is 15.9. The third-order valence-electron chi connectivity index (χ3n) is 4.34. The number of thiocarbonyl (C=S) groups is 1. The number of nitrogens with one attached hydrogen (secondary N) is 2. The van der Waals surface area contributed by atoms with Crippen molar-refractivity contribution in [2.45, 2.75) is 25.2 Å². The van der Waals surface area contributed by atoms with Gasteiger partial charge in [0.15, 0.2) is 5.11 Å². The molecule has 3 unspecified atom stereocenters. The lowest BCUT2D eigenvalue weighted by atomic mass is 10.1. The number of ether oxygens (including phenoxy) is 1. The molecule has 2 heterocycles. The Morgan fingerprint density at radius 3 is 2.80 bits per heavy atom. The highest BCUT2D eigenvalue weighted by atomic mass is 32.1. The van der Waals surface area contributed by atoms with Crippen LogP contribution < -0.4 is 15.4 Å². The summed E-state index contributed by atoms with van der Waals surface area (Å²) in [5.41, 5.74) is 0.972. The van der Waals surface area contributed by atoms with E-state index in [4.69, 9.17) is 17.0 Å². The molecule has 0 aliphatic carbocycles. The van der Waals surface area contributed by atoms with Crippen molar-refractivity contribution in [3.8, 4) is 5.75 Å². The number of benzene rings is 1. The molecule has 0 bridgehead atoms. The lowest BCUT2D eigenvalue weighted by Gasteiger charge is -2.35. The van der Waals surface area contributed by atoms with Gasteiger partial charge in [-0.05, 0) is 30.8 Å². The molecule has 134 valence electrons. The zero-order valence-corrected chi connectivity index (χ0v) is 14.7. The predicted molar refractivity (Wildman–Crippen MR) is 94.0 cm³/mol. The first-order chi connectivity index (χ1) is 11.9. The Kier molecular flexibility index (Phi) is 4.78. The maximum absolute atomic E-state index is 12.2. The van der Waals surface area contributed by atoms with Crippen molar-refractivity contribution < 1.29 is 19.4 Å². The Balaban J connectivity index is 1.63. The Bertz CT molecular complexity index is 713. The summed E-state index contributed by atoms with van der Waals surface area (Å²) in [6.07, 6.45) is -1.40. The average molecular weight is 364 g/mol. The lowest BCUT2D eigenvalue weighted by molar-refractivity contribution is -0.127. The number of aliphatic hydroxyl groups is 1. The molecule has 0 saturated carbocycles. The fourth-order valence-corrected chi connectivity index (χ4v) is 3.26. The van der Waals surface area contributed by atoms with Crippen LogP contribution in [0.3, 0.4) is 0 Å². The maximum Gasteiger partial charge on any atom is 0.325 e. The minimum atomic E-state index is -0.853. The largest absolute Gasteiger partial charge is 0.491 e. The number of imide groups is 1. The molecular weight excluding hydrogens is 344 g/mol. The number of carbonyl (C=O) groups excluding carboxylic acids is 2. The van der Waals surface area contributed by atoms with Crippen LogP contribution in [0.4, 0.5) is 4.79 Å². The standard InChI is InChI=1S/C16H20N4O4S/c1-9-5-3-4-6-11(9)24-8-10(21)7-20-12-13(17-16(20)25)19(2)15(23)18-14(12)22/h3-6,10,12-13,21H,7-8H2,1-2H3,(H,17,25)(H,18,22,23). The van der Waals surface area contributed by atoms with E-state index in [0.717, 1.165) is 5.56 Å². The summed E-state index contributed by atoms with van der Waals surface area (Å²) in [7, 11) is 1.58. The fourth-order valence-electron chi connectivity index (χ4n) is 2.95. The average Bonchev–Trinajstić information content (AvgIpc) is 2.89. The molecule has 0 radical (unpaired) electrons. The minimum absolute atomic E-state index is 0.0672. The minimum Gasteiger partial charge on any atom is -0.491 e. The van der Waals surface area contributed by atoms with Crippen molar-refractivity contribution >= 4 is 29.3 Å². The maximum atomic E-state index is 12.2. The van der Waals surface area contributed by atoms with Gasteiger partial charge in [-0.15, -0.1) is 0 Å². The van der Waals surface area contributed by atoms with Gasteiger partial charge in [0.25, 0.3) is 5.91 Å². The van der Waals surface area contributed by atoms with E-state index >= 15 is 0 Å². The molecule has 0 aromatic heterocycles. The van der Waals surface area contributed by atoms with Crippen LogP contribution in [-0.4, -0.2) is 70.5 Å². The van der Waals surface area contributed by atoms with Crippen molar-refractivity contribution in [2.75, 3.05) is 20.2 Å². The summed E-state index contributed by atoms with van der Waals surface area (Å²) in [6.45, 7) is 2.11. The van der Waals surface area contributed by atoms with Crippen LogP contribution in [0.1, 0.15) is 5.56 Å². The SMILES string of the molecule is Cc1ccccc1OCC(O)CN1C(=S)NC2C1C(=O)NC(=O)N2C. The molecule has 9 heteroatoms. The van der Waals surface area contributed by atoms with Crippen LogP contribution in [0, 0.1) is 6.92 Å². The molecule has 8 nitrogen and oxygen atoms in total. The summed E-state index contributed by atoms with van der Waals surface area (Å²) >= 11 is 5.26. The second kappa shape index (κ2) is 6.85.